The molecule has 1 aromatic rings. The summed E-state index contributed by atoms with van der Waals surface area (Å²) in [5, 5.41) is 0. The number of nitrogens with one attached hydrogen (secondary N) is 1. The van der Waals surface area contributed by atoms with Gasteiger partial charge in [0.15, 0.2) is 0 Å². The van der Waals surface area contributed by atoms with Crippen molar-refractivity contribution < 1.29 is 4.84 Å². The van der Waals surface area contributed by atoms with Gasteiger partial charge in [-0.2, -0.15) is 0 Å². The first-order valence-corrected chi connectivity index (χ1v) is 6.80. The van der Waals surface area contributed by atoms with Gasteiger partial charge in [-0.1, -0.05) is 30.3 Å². The summed E-state index contributed by atoms with van der Waals surface area (Å²) in [6, 6.07) is 10.3. The van der Waals surface area contributed by atoms with Crippen molar-refractivity contribution in [3.8, 4) is 0 Å². The quantitative estimate of drug-likeness (QED) is 0.820. The molecule has 1 aliphatic carbocycles. The van der Waals surface area contributed by atoms with E-state index in [1.807, 2.05) is 18.2 Å². The van der Waals surface area contributed by atoms with Crippen LogP contribution in [0.2, 0.25) is 0 Å². The number of allylic oxidation sites excluding steroid dienone is 1. The molecule has 2 atom stereocenters. The largest absolute Gasteiger partial charge is 0.372 e. The monoisotopic (exact) mass is 242 g/mol. The molecule has 3 heteroatoms. The van der Waals surface area contributed by atoms with Gasteiger partial charge in [-0.05, 0) is 24.3 Å². The molecule has 18 heavy (non-hydrogen) atoms. The van der Waals surface area contributed by atoms with Gasteiger partial charge in [0.25, 0.3) is 0 Å². The second-order valence-corrected chi connectivity index (χ2v) is 5.64. The Kier molecular flexibility index (Phi) is 2.33. The van der Waals surface area contributed by atoms with Crippen LogP contribution in [-0.4, -0.2) is 18.0 Å². The highest BCUT2D eigenvalue weighted by molar-refractivity contribution is 5.28. The van der Waals surface area contributed by atoms with Gasteiger partial charge in [0.05, 0.1) is 12.3 Å². The van der Waals surface area contributed by atoms with Crippen LogP contribution in [0.25, 0.3) is 0 Å². The lowest BCUT2D eigenvalue weighted by Gasteiger charge is -2.26. The number of hydrogen-bond acceptors (Lipinski definition) is 3. The van der Waals surface area contributed by atoms with E-state index in [1.165, 1.54) is 42.9 Å². The predicted molar refractivity (Wildman–Crippen MR) is 69.2 cm³/mol. The molecule has 1 N–H and O–H groups in total. The Morgan fingerprint density at radius 3 is 2.94 bits per heavy atom. The summed E-state index contributed by atoms with van der Waals surface area (Å²) >= 11 is 0. The molecule has 3 heterocycles. The van der Waals surface area contributed by atoms with Crippen LogP contribution in [0.3, 0.4) is 0 Å². The number of benzene rings is 1. The van der Waals surface area contributed by atoms with E-state index < -0.39 is 0 Å². The Morgan fingerprint density at radius 1 is 1.22 bits per heavy atom. The highest BCUT2D eigenvalue weighted by atomic mass is 16.6. The fourth-order valence-corrected chi connectivity index (χ4v) is 3.61. The zero-order valence-electron chi connectivity index (χ0n) is 10.4. The average molecular weight is 242 g/mol. The Hall–Kier alpha value is -1.48. The van der Waals surface area contributed by atoms with Gasteiger partial charge in [-0.3, -0.25) is 10.3 Å². The van der Waals surface area contributed by atoms with E-state index in [0.717, 1.165) is 5.92 Å². The van der Waals surface area contributed by atoms with Crippen molar-refractivity contribution in [1.82, 2.24) is 10.4 Å². The highest BCUT2D eigenvalue weighted by Crippen LogP contribution is 2.47. The van der Waals surface area contributed by atoms with Crippen LogP contribution in [0.5, 0.6) is 0 Å². The first-order valence-electron chi connectivity index (χ1n) is 6.80. The second kappa shape index (κ2) is 4.02. The molecule has 0 radical (unpaired) electrons. The zero-order chi connectivity index (χ0) is 11.9. The summed E-state index contributed by atoms with van der Waals surface area (Å²) in [7, 11) is 0. The van der Waals surface area contributed by atoms with Gasteiger partial charge < -0.3 is 4.90 Å². The van der Waals surface area contributed by atoms with Gasteiger partial charge in [0.1, 0.15) is 0 Å². The van der Waals surface area contributed by atoms with Crippen molar-refractivity contribution in [1.29, 1.82) is 0 Å². The predicted octanol–water partition coefficient (Wildman–Crippen LogP) is 2.27. The molecule has 3 nitrogen and oxygen atoms in total. The molecule has 2 fully saturated rings. The van der Waals surface area contributed by atoms with Gasteiger partial charge in [-0.25, -0.2) is 0 Å². The van der Waals surface area contributed by atoms with Gasteiger partial charge in [0.2, 0.25) is 0 Å². The molecule has 3 aliphatic heterocycles. The van der Waals surface area contributed by atoms with Crippen molar-refractivity contribution in [2.75, 3.05) is 13.1 Å². The maximum absolute atomic E-state index is 5.67. The fourth-order valence-electron chi connectivity index (χ4n) is 3.61. The minimum atomic E-state index is 0.633. The van der Waals surface area contributed by atoms with Crippen LogP contribution in [0.15, 0.2) is 41.7 Å². The van der Waals surface area contributed by atoms with E-state index in [1.54, 1.807) is 0 Å². The highest BCUT2D eigenvalue weighted by Gasteiger charge is 2.45. The molecule has 4 bridgehead atoms. The van der Waals surface area contributed by atoms with Crippen molar-refractivity contribution in [2.45, 2.75) is 19.4 Å². The lowest BCUT2D eigenvalue weighted by atomic mass is 9.86. The normalized spacial score (nSPS) is 28.3. The summed E-state index contributed by atoms with van der Waals surface area (Å²) in [6.45, 7) is 3.12. The number of hydrogen-bond donors (Lipinski definition) is 1. The fraction of sp³-hybridized carbons (Fsp3) is 0.467. The Balaban J connectivity index is 1.40. The zero-order valence-corrected chi connectivity index (χ0v) is 10.4. The first kappa shape index (κ1) is 10.4. The third kappa shape index (κ3) is 1.62. The van der Waals surface area contributed by atoms with Gasteiger partial charge in [-0.15, -0.1) is 0 Å². The third-order valence-electron chi connectivity index (χ3n) is 4.38. The number of rotatable bonds is 4. The van der Waals surface area contributed by atoms with E-state index in [4.69, 9.17) is 4.84 Å². The lowest BCUT2D eigenvalue weighted by molar-refractivity contribution is 0.0401. The number of hydroxylamine groups is 1. The first-order chi connectivity index (χ1) is 8.90. The van der Waals surface area contributed by atoms with Crippen molar-refractivity contribution in [3.05, 3.63) is 47.3 Å². The van der Waals surface area contributed by atoms with E-state index in [0.29, 0.717) is 12.5 Å². The van der Waals surface area contributed by atoms with Gasteiger partial charge >= 0.3 is 0 Å². The molecule has 0 amide bonds. The molecule has 0 aromatic heterocycles. The van der Waals surface area contributed by atoms with E-state index in [2.05, 4.69) is 22.5 Å². The molecule has 2 unspecified atom stereocenters. The van der Waals surface area contributed by atoms with Crippen LogP contribution >= 0.6 is 0 Å². The Bertz CT molecular complexity index is 483. The van der Waals surface area contributed by atoms with Crippen LogP contribution in [-0.2, 0) is 11.4 Å². The Labute approximate surface area is 107 Å². The lowest BCUT2D eigenvalue weighted by Crippen LogP contribution is -2.30. The maximum Gasteiger partial charge on any atom is 0.0996 e. The molecule has 4 aliphatic rings. The van der Waals surface area contributed by atoms with Crippen molar-refractivity contribution in [3.63, 3.8) is 0 Å². The molecule has 0 saturated carbocycles. The molecule has 2 saturated heterocycles. The van der Waals surface area contributed by atoms with Crippen LogP contribution in [0.4, 0.5) is 0 Å². The summed E-state index contributed by atoms with van der Waals surface area (Å²) < 4.78 is 0. The topological polar surface area (TPSA) is 24.5 Å². The van der Waals surface area contributed by atoms with Crippen LogP contribution in [0, 0.1) is 11.8 Å². The summed E-state index contributed by atoms with van der Waals surface area (Å²) in [4.78, 5) is 8.21. The summed E-state index contributed by atoms with van der Waals surface area (Å²) in [6.07, 6.45) is 2.60. The standard InChI is InChI=1S/C15H18N2O/c1-2-4-11(5-3-1)10-18-16-15-13-6-12-7-14(15)17(8-12)9-13/h1-5,12-13,16H,6-10H2. The molecular weight excluding hydrogens is 224 g/mol. The van der Waals surface area contributed by atoms with Crippen LogP contribution in [0.1, 0.15) is 18.4 Å². The Morgan fingerprint density at radius 2 is 2.11 bits per heavy atom. The van der Waals surface area contributed by atoms with Crippen LogP contribution < -0.4 is 5.48 Å². The van der Waals surface area contributed by atoms with Gasteiger partial charge in [0, 0.05) is 24.7 Å². The minimum absolute atomic E-state index is 0.633. The van der Waals surface area contributed by atoms with Crippen molar-refractivity contribution in [2.24, 2.45) is 11.8 Å². The summed E-state index contributed by atoms with van der Waals surface area (Å²) in [5.74, 6) is 1.61. The molecule has 0 spiro atoms. The molecule has 1 aromatic carbocycles. The molecule has 5 rings (SSSR count). The maximum atomic E-state index is 5.67. The number of piperidine rings is 1. The van der Waals surface area contributed by atoms with E-state index in [-0.39, 0.29) is 0 Å². The van der Waals surface area contributed by atoms with E-state index in [9.17, 15) is 0 Å². The smallest absolute Gasteiger partial charge is 0.0996 e. The summed E-state index contributed by atoms with van der Waals surface area (Å²) in [5.41, 5.74) is 7.32. The molecule has 94 valence electrons. The third-order valence-corrected chi connectivity index (χ3v) is 4.38. The van der Waals surface area contributed by atoms with Crippen molar-refractivity contribution >= 4 is 0 Å². The molecular formula is C15H18N2O. The SMILES string of the molecule is c1ccc(CONC2=C3CC4CC2CN3C4)cc1. The van der Waals surface area contributed by atoms with E-state index >= 15 is 0 Å². The average Bonchev–Trinajstić information content (AvgIpc) is 2.81. The number of nitrogens with zero attached hydrogens (tertiary/aromatic N) is 1. The minimum Gasteiger partial charge on any atom is -0.372 e. The second-order valence-electron chi connectivity index (χ2n) is 5.64.